The molecule has 0 spiro atoms. The fraction of sp³-hybridized carbons (Fsp3) is 0.222. The molecule has 7 heteroatoms. The van der Waals surface area contributed by atoms with E-state index in [0.717, 1.165) is 50.4 Å². The molecule has 0 radical (unpaired) electrons. The first-order chi connectivity index (χ1) is 16.6. The van der Waals surface area contributed by atoms with Crippen molar-refractivity contribution in [3.63, 3.8) is 0 Å². The second-order valence-electron chi connectivity index (χ2n) is 8.67. The highest BCUT2D eigenvalue weighted by Gasteiger charge is 2.37. The average molecular weight is 519 g/mol. The highest BCUT2D eigenvalue weighted by Crippen LogP contribution is 2.48. The Morgan fingerprint density at radius 1 is 0.971 bits per heavy atom. The molecule has 172 valence electrons. The molecule has 2 atom stereocenters. The second-order valence-corrected chi connectivity index (χ2v) is 9.53. The van der Waals surface area contributed by atoms with E-state index in [1.165, 1.54) is 0 Å². The predicted molar refractivity (Wildman–Crippen MR) is 134 cm³/mol. The van der Waals surface area contributed by atoms with E-state index in [-0.39, 0.29) is 24.5 Å². The Morgan fingerprint density at radius 3 is 2.59 bits per heavy atom. The lowest BCUT2D eigenvalue weighted by molar-refractivity contribution is -0.116. The van der Waals surface area contributed by atoms with Gasteiger partial charge >= 0.3 is 0 Å². The first-order valence-corrected chi connectivity index (χ1v) is 12.0. The third-order valence-corrected chi connectivity index (χ3v) is 7.36. The number of fused-ring (bicyclic) bond motifs is 2. The number of rotatable bonds is 3. The molecule has 3 aromatic carbocycles. The molecule has 0 saturated heterocycles. The van der Waals surface area contributed by atoms with Crippen LogP contribution in [0.3, 0.4) is 0 Å². The summed E-state index contributed by atoms with van der Waals surface area (Å²) in [6, 6.07) is 19.6. The standard InChI is InChI=1S/C27H23BrN2O4/c1-32-17-6-4-5-15(9-17)16-10-22-26(23(31)11-16)27(30-21-8-3-2-7-20(21)29-22)18-12-24-25(13-19(18)28)34-14-33-24/h2-9,12-13,16,27,29-30H,10-11,14H2,1H3/t16-,27-/m1/s1. The first kappa shape index (κ1) is 21.1. The molecule has 0 fully saturated rings. The van der Waals surface area contributed by atoms with Gasteiger partial charge in [0.25, 0.3) is 0 Å². The Bertz CT molecular complexity index is 1340. The van der Waals surface area contributed by atoms with Crippen LogP contribution in [-0.4, -0.2) is 19.7 Å². The Labute approximate surface area is 206 Å². The van der Waals surface area contributed by atoms with Crippen LogP contribution >= 0.6 is 15.9 Å². The fourth-order valence-corrected chi connectivity index (χ4v) is 5.56. The van der Waals surface area contributed by atoms with Crippen LogP contribution in [-0.2, 0) is 4.79 Å². The molecule has 0 unspecified atom stereocenters. The van der Waals surface area contributed by atoms with E-state index in [2.05, 4.69) is 32.6 Å². The number of benzene rings is 3. The lowest BCUT2D eigenvalue weighted by Crippen LogP contribution is -2.27. The molecule has 2 aliphatic heterocycles. The van der Waals surface area contributed by atoms with Crippen LogP contribution in [0.1, 0.15) is 35.9 Å². The van der Waals surface area contributed by atoms with Gasteiger partial charge in [0.15, 0.2) is 17.3 Å². The summed E-state index contributed by atoms with van der Waals surface area (Å²) in [6.07, 6.45) is 1.16. The van der Waals surface area contributed by atoms with Crippen LogP contribution in [0.4, 0.5) is 11.4 Å². The number of anilines is 2. The van der Waals surface area contributed by atoms with Crippen LogP contribution in [0.25, 0.3) is 0 Å². The molecule has 6 nitrogen and oxygen atoms in total. The van der Waals surface area contributed by atoms with Gasteiger partial charge < -0.3 is 24.8 Å². The average Bonchev–Trinajstić information content (AvgIpc) is 3.23. The molecule has 0 amide bonds. The van der Waals surface area contributed by atoms with Gasteiger partial charge in [-0.2, -0.15) is 0 Å². The van der Waals surface area contributed by atoms with E-state index >= 15 is 0 Å². The van der Waals surface area contributed by atoms with Crippen molar-refractivity contribution >= 4 is 33.1 Å². The molecule has 0 aromatic heterocycles. The summed E-state index contributed by atoms with van der Waals surface area (Å²) >= 11 is 3.71. The number of Topliss-reactive ketones (excluding diaryl/α,β-unsaturated/α-hetero) is 1. The SMILES string of the molecule is COc1cccc([C@H]2CC(=O)C3=C(C2)Nc2ccccc2N[C@@H]3c2cc3c(cc2Br)OCO3)c1. The Balaban J connectivity index is 1.47. The number of nitrogens with one attached hydrogen (secondary N) is 2. The number of methoxy groups -OCH3 is 1. The van der Waals surface area contributed by atoms with Crippen LogP contribution < -0.4 is 24.8 Å². The molecule has 0 saturated carbocycles. The molecule has 34 heavy (non-hydrogen) atoms. The van der Waals surface area contributed by atoms with E-state index in [9.17, 15) is 4.79 Å². The number of hydrogen-bond donors (Lipinski definition) is 2. The van der Waals surface area contributed by atoms with Gasteiger partial charge in [-0.1, -0.05) is 40.2 Å². The van der Waals surface area contributed by atoms with Crippen molar-refractivity contribution in [2.75, 3.05) is 24.5 Å². The van der Waals surface area contributed by atoms with Crippen molar-refractivity contribution in [1.29, 1.82) is 0 Å². The zero-order chi connectivity index (χ0) is 23.2. The van der Waals surface area contributed by atoms with Gasteiger partial charge in [0.2, 0.25) is 6.79 Å². The number of ketones is 1. The smallest absolute Gasteiger partial charge is 0.231 e. The van der Waals surface area contributed by atoms with E-state index < -0.39 is 0 Å². The largest absolute Gasteiger partial charge is 0.497 e. The van der Waals surface area contributed by atoms with Crippen LogP contribution in [0.5, 0.6) is 17.2 Å². The number of halogens is 1. The number of carbonyl (C=O) groups excluding carboxylic acids is 1. The molecule has 1 aliphatic carbocycles. The van der Waals surface area contributed by atoms with Gasteiger partial charge in [-0.25, -0.2) is 0 Å². The van der Waals surface area contributed by atoms with E-state index in [0.29, 0.717) is 17.9 Å². The van der Waals surface area contributed by atoms with Crippen molar-refractivity contribution in [2.24, 2.45) is 0 Å². The van der Waals surface area contributed by atoms with Crippen LogP contribution in [0.2, 0.25) is 0 Å². The lowest BCUT2D eigenvalue weighted by atomic mass is 9.78. The maximum atomic E-state index is 13.8. The van der Waals surface area contributed by atoms with Crippen LogP contribution in [0.15, 0.2) is 76.4 Å². The summed E-state index contributed by atoms with van der Waals surface area (Å²) in [6.45, 7) is 0.197. The molecule has 2 heterocycles. The highest BCUT2D eigenvalue weighted by molar-refractivity contribution is 9.10. The summed E-state index contributed by atoms with van der Waals surface area (Å²) in [7, 11) is 1.66. The van der Waals surface area contributed by atoms with Crippen LogP contribution in [0, 0.1) is 0 Å². The number of allylic oxidation sites excluding steroid dienone is 1. The molecular weight excluding hydrogens is 496 g/mol. The quantitative estimate of drug-likeness (QED) is 0.432. The van der Waals surface area contributed by atoms with Crippen molar-refractivity contribution in [3.8, 4) is 17.2 Å². The normalized spacial score (nSPS) is 20.6. The number of carbonyl (C=O) groups is 1. The van der Waals surface area contributed by atoms with Crippen molar-refractivity contribution < 1.29 is 19.0 Å². The first-order valence-electron chi connectivity index (χ1n) is 11.2. The Morgan fingerprint density at radius 2 is 1.76 bits per heavy atom. The van der Waals surface area contributed by atoms with Crippen molar-refractivity contribution in [2.45, 2.75) is 24.8 Å². The van der Waals surface area contributed by atoms with E-state index in [1.807, 2.05) is 54.6 Å². The zero-order valence-corrected chi connectivity index (χ0v) is 20.1. The highest BCUT2D eigenvalue weighted by atomic mass is 79.9. The summed E-state index contributed by atoms with van der Waals surface area (Å²) in [5.41, 5.74) is 5.63. The minimum atomic E-state index is -0.339. The zero-order valence-electron chi connectivity index (χ0n) is 18.6. The summed E-state index contributed by atoms with van der Waals surface area (Å²) in [4.78, 5) is 13.8. The Kier molecular flexibility index (Phi) is 5.21. The van der Waals surface area contributed by atoms with Gasteiger partial charge in [-0.05, 0) is 59.9 Å². The van der Waals surface area contributed by atoms with Crippen molar-refractivity contribution in [1.82, 2.24) is 0 Å². The van der Waals surface area contributed by atoms with Gasteiger partial charge in [-0.15, -0.1) is 0 Å². The maximum absolute atomic E-state index is 13.8. The van der Waals surface area contributed by atoms with Gasteiger partial charge in [0.1, 0.15) is 5.75 Å². The molecule has 6 rings (SSSR count). The molecule has 3 aromatic rings. The second kappa shape index (κ2) is 8.40. The topological polar surface area (TPSA) is 68.8 Å². The fourth-order valence-electron chi connectivity index (χ4n) is 5.01. The molecule has 0 bridgehead atoms. The molecular formula is C27H23BrN2O4. The Hall–Kier alpha value is -3.45. The minimum absolute atomic E-state index is 0.0694. The van der Waals surface area contributed by atoms with Gasteiger partial charge in [-0.3, -0.25) is 4.79 Å². The predicted octanol–water partition coefficient (Wildman–Crippen LogP) is 6.17. The molecule has 3 aliphatic rings. The molecule has 2 N–H and O–H groups in total. The third kappa shape index (κ3) is 3.60. The minimum Gasteiger partial charge on any atom is -0.497 e. The van der Waals surface area contributed by atoms with E-state index in [4.69, 9.17) is 14.2 Å². The third-order valence-electron chi connectivity index (χ3n) is 6.68. The maximum Gasteiger partial charge on any atom is 0.231 e. The number of hydrogen-bond acceptors (Lipinski definition) is 6. The van der Waals surface area contributed by atoms with Gasteiger partial charge in [0, 0.05) is 22.2 Å². The van der Waals surface area contributed by atoms with Gasteiger partial charge in [0.05, 0.1) is 24.5 Å². The number of ether oxygens (including phenoxy) is 3. The van der Waals surface area contributed by atoms with E-state index in [1.54, 1.807) is 7.11 Å². The summed E-state index contributed by atoms with van der Waals surface area (Å²) < 4.78 is 17.5. The number of para-hydroxylation sites is 2. The van der Waals surface area contributed by atoms with Crippen molar-refractivity contribution in [3.05, 3.63) is 87.5 Å². The monoisotopic (exact) mass is 518 g/mol. The lowest BCUT2D eigenvalue weighted by Gasteiger charge is -2.30. The summed E-state index contributed by atoms with van der Waals surface area (Å²) in [5.74, 6) is 2.37. The summed E-state index contributed by atoms with van der Waals surface area (Å²) in [5, 5.41) is 7.21.